The number of hydrogen-bond donors (Lipinski definition) is 2. The number of likely N-dealkylation sites (N-methyl/N-ethyl adjacent to an activating group) is 1. The number of nitrogens with zero attached hydrogens (tertiary/aromatic N) is 1. The molecule has 4 nitrogen and oxygen atoms in total. The molecule has 17 heavy (non-hydrogen) atoms. The lowest BCUT2D eigenvalue weighted by Gasteiger charge is -2.30. The SMILES string of the molecule is CN(C)C(c1ccccc1Br)C(N)CC(=O)O. The van der Waals surface area contributed by atoms with Crippen LogP contribution in [0.25, 0.3) is 0 Å². The van der Waals surface area contributed by atoms with Crippen molar-refractivity contribution >= 4 is 21.9 Å². The highest BCUT2D eigenvalue weighted by Gasteiger charge is 2.25. The average Bonchev–Trinajstić information content (AvgIpc) is 2.19. The summed E-state index contributed by atoms with van der Waals surface area (Å²) in [6, 6.07) is 7.16. The van der Waals surface area contributed by atoms with Crippen molar-refractivity contribution in [2.75, 3.05) is 14.1 Å². The third-order valence-electron chi connectivity index (χ3n) is 2.60. The first-order valence-corrected chi connectivity index (χ1v) is 6.11. The second-order valence-electron chi connectivity index (χ2n) is 4.19. The zero-order chi connectivity index (χ0) is 13.0. The van der Waals surface area contributed by atoms with Crippen LogP contribution in [0.3, 0.4) is 0 Å². The predicted octanol–water partition coefficient (Wildman–Crippen LogP) is 1.85. The fourth-order valence-electron chi connectivity index (χ4n) is 1.92. The van der Waals surface area contributed by atoms with Gasteiger partial charge >= 0.3 is 5.97 Å². The second kappa shape index (κ2) is 6.14. The van der Waals surface area contributed by atoms with E-state index in [0.717, 1.165) is 10.0 Å². The Labute approximate surface area is 110 Å². The quantitative estimate of drug-likeness (QED) is 0.871. The molecule has 1 aromatic rings. The second-order valence-corrected chi connectivity index (χ2v) is 5.05. The monoisotopic (exact) mass is 300 g/mol. The van der Waals surface area contributed by atoms with Crippen LogP contribution < -0.4 is 5.73 Å². The van der Waals surface area contributed by atoms with E-state index in [9.17, 15) is 4.79 Å². The third-order valence-corrected chi connectivity index (χ3v) is 3.32. The molecule has 0 heterocycles. The van der Waals surface area contributed by atoms with Crippen molar-refractivity contribution in [1.82, 2.24) is 4.90 Å². The summed E-state index contributed by atoms with van der Waals surface area (Å²) in [6.07, 6.45) is -0.0514. The van der Waals surface area contributed by atoms with E-state index in [-0.39, 0.29) is 12.5 Å². The zero-order valence-electron chi connectivity index (χ0n) is 9.93. The highest BCUT2D eigenvalue weighted by atomic mass is 79.9. The van der Waals surface area contributed by atoms with Crippen LogP contribution >= 0.6 is 15.9 Å². The van der Waals surface area contributed by atoms with Crippen molar-refractivity contribution < 1.29 is 9.90 Å². The average molecular weight is 301 g/mol. The third kappa shape index (κ3) is 3.80. The molecule has 0 aliphatic carbocycles. The van der Waals surface area contributed by atoms with E-state index in [2.05, 4.69) is 15.9 Å². The standard InChI is InChI=1S/C12H17BrN2O2/c1-15(2)12(10(14)7-11(16)17)8-5-3-4-6-9(8)13/h3-6,10,12H,7,14H2,1-2H3,(H,16,17). The van der Waals surface area contributed by atoms with Crippen molar-refractivity contribution in [2.24, 2.45) is 5.73 Å². The van der Waals surface area contributed by atoms with E-state index < -0.39 is 12.0 Å². The number of carboxylic acid groups (broad SMARTS) is 1. The van der Waals surface area contributed by atoms with Gasteiger partial charge in [0.15, 0.2) is 0 Å². The Morgan fingerprint density at radius 2 is 2.06 bits per heavy atom. The molecule has 0 radical (unpaired) electrons. The van der Waals surface area contributed by atoms with Crippen LogP contribution in [0.5, 0.6) is 0 Å². The van der Waals surface area contributed by atoms with E-state index in [1.807, 2.05) is 43.3 Å². The lowest BCUT2D eigenvalue weighted by atomic mass is 9.96. The van der Waals surface area contributed by atoms with Gasteiger partial charge < -0.3 is 15.7 Å². The molecule has 0 fully saturated rings. The van der Waals surface area contributed by atoms with Crippen molar-refractivity contribution in [3.8, 4) is 0 Å². The first-order valence-electron chi connectivity index (χ1n) is 5.31. The van der Waals surface area contributed by atoms with E-state index in [1.54, 1.807) is 0 Å². The Morgan fingerprint density at radius 3 is 2.53 bits per heavy atom. The fraction of sp³-hybridized carbons (Fsp3) is 0.417. The maximum absolute atomic E-state index is 10.7. The summed E-state index contributed by atoms with van der Waals surface area (Å²) in [5, 5.41) is 8.82. The summed E-state index contributed by atoms with van der Waals surface area (Å²) in [4.78, 5) is 12.7. The molecule has 1 rings (SSSR count). The summed E-state index contributed by atoms with van der Waals surface area (Å²) in [5.74, 6) is -0.878. The highest BCUT2D eigenvalue weighted by Crippen LogP contribution is 2.29. The van der Waals surface area contributed by atoms with Crippen LogP contribution in [0.1, 0.15) is 18.0 Å². The normalized spacial score (nSPS) is 14.6. The van der Waals surface area contributed by atoms with Gasteiger partial charge in [-0.3, -0.25) is 4.79 Å². The van der Waals surface area contributed by atoms with Crippen LogP contribution in [0.2, 0.25) is 0 Å². The van der Waals surface area contributed by atoms with Gasteiger partial charge in [0.2, 0.25) is 0 Å². The minimum Gasteiger partial charge on any atom is -0.481 e. The summed E-state index contributed by atoms with van der Waals surface area (Å²) in [5.41, 5.74) is 6.98. The van der Waals surface area contributed by atoms with Gasteiger partial charge in [-0.1, -0.05) is 34.1 Å². The maximum atomic E-state index is 10.7. The molecule has 94 valence electrons. The van der Waals surface area contributed by atoms with Gasteiger partial charge in [-0.05, 0) is 25.7 Å². The summed E-state index contributed by atoms with van der Waals surface area (Å²) >= 11 is 3.47. The lowest BCUT2D eigenvalue weighted by molar-refractivity contribution is -0.137. The Morgan fingerprint density at radius 1 is 1.47 bits per heavy atom. The Bertz CT molecular complexity index is 396. The molecule has 3 N–H and O–H groups in total. The number of carboxylic acids is 1. The number of carbonyl (C=O) groups is 1. The predicted molar refractivity (Wildman–Crippen MR) is 70.8 cm³/mol. The molecule has 0 amide bonds. The van der Waals surface area contributed by atoms with Crippen LogP contribution in [0.4, 0.5) is 0 Å². The van der Waals surface area contributed by atoms with E-state index in [4.69, 9.17) is 10.8 Å². The summed E-state index contributed by atoms with van der Waals surface area (Å²) in [6.45, 7) is 0. The molecule has 0 aliphatic rings. The molecule has 0 saturated carbocycles. The van der Waals surface area contributed by atoms with Crippen LogP contribution in [0.15, 0.2) is 28.7 Å². The largest absolute Gasteiger partial charge is 0.481 e. The number of aliphatic carboxylic acids is 1. The van der Waals surface area contributed by atoms with E-state index in [0.29, 0.717) is 0 Å². The molecule has 0 aromatic heterocycles. The van der Waals surface area contributed by atoms with Gasteiger partial charge in [0.05, 0.1) is 12.5 Å². The molecule has 2 atom stereocenters. The molecule has 1 aromatic carbocycles. The fourth-order valence-corrected chi connectivity index (χ4v) is 2.44. The van der Waals surface area contributed by atoms with Crippen LogP contribution in [0, 0.1) is 0 Å². The zero-order valence-corrected chi connectivity index (χ0v) is 11.5. The van der Waals surface area contributed by atoms with Gasteiger partial charge in [0, 0.05) is 10.5 Å². The van der Waals surface area contributed by atoms with Gasteiger partial charge in [0.25, 0.3) is 0 Å². The molecule has 0 saturated heterocycles. The molecule has 0 bridgehead atoms. The summed E-state index contributed by atoms with van der Waals surface area (Å²) in [7, 11) is 3.79. The van der Waals surface area contributed by atoms with Crippen molar-refractivity contribution in [3.63, 3.8) is 0 Å². The Kier molecular flexibility index (Phi) is 5.11. The van der Waals surface area contributed by atoms with Gasteiger partial charge in [0.1, 0.15) is 0 Å². The number of rotatable bonds is 5. The molecular formula is C12H17BrN2O2. The van der Waals surface area contributed by atoms with Crippen molar-refractivity contribution in [3.05, 3.63) is 34.3 Å². The van der Waals surface area contributed by atoms with Crippen LogP contribution in [-0.4, -0.2) is 36.1 Å². The van der Waals surface area contributed by atoms with Gasteiger partial charge in [-0.25, -0.2) is 0 Å². The number of hydrogen-bond acceptors (Lipinski definition) is 3. The molecule has 2 unspecified atom stereocenters. The molecular weight excluding hydrogens is 284 g/mol. The van der Waals surface area contributed by atoms with Gasteiger partial charge in [-0.15, -0.1) is 0 Å². The first kappa shape index (κ1) is 14.2. The smallest absolute Gasteiger partial charge is 0.304 e. The van der Waals surface area contributed by atoms with E-state index >= 15 is 0 Å². The van der Waals surface area contributed by atoms with Gasteiger partial charge in [-0.2, -0.15) is 0 Å². The molecule has 5 heteroatoms. The molecule has 0 aliphatic heterocycles. The minimum absolute atomic E-state index is 0.0514. The Balaban J connectivity index is 3.01. The highest BCUT2D eigenvalue weighted by molar-refractivity contribution is 9.10. The number of nitrogens with two attached hydrogens (primary N) is 1. The Hall–Kier alpha value is -0.910. The lowest BCUT2D eigenvalue weighted by Crippen LogP contribution is -2.39. The maximum Gasteiger partial charge on any atom is 0.304 e. The van der Waals surface area contributed by atoms with Crippen molar-refractivity contribution in [1.29, 1.82) is 0 Å². The topological polar surface area (TPSA) is 66.6 Å². The number of benzene rings is 1. The minimum atomic E-state index is -0.878. The van der Waals surface area contributed by atoms with Crippen molar-refractivity contribution in [2.45, 2.75) is 18.5 Å². The van der Waals surface area contributed by atoms with Crippen LogP contribution in [-0.2, 0) is 4.79 Å². The summed E-state index contributed by atoms with van der Waals surface area (Å²) < 4.78 is 0.944. The first-order chi connectivity index (χ1) is 7.93. The number of halogens is 1. The molecule has 0 spiro atoms. The van der Waals surface area contributed by atoms with E-state index in [1.165, 1.54) is 0 Å².